The van der Waals surface area contributed by atoms with Crippen LogP contribution in [-0.4, -0.2) is 35.2 Å². The van der Waals surface area contributed by atoms with E-state index in [0.717, 1.165) is 0 Å². The molecule has 5 N–H and O–H groups in total. The van der Waals surface area contributed by atoms with Gasteiger partial charge in [0.25, 0.3) is 5.91 Å². The minimum atomic E-state index is -0.883. The molecule has 94 valence electrons. The number of nitrogen functional groups attached to an aromatic ring is 1. The lowest BCUT2D eigenvalue weighted by molar-refractivity contribution is 0.0885. The Bertz CT molecular complexity index is 426. The number of nitrogens with zero attached hydrogens (tertiary/aromatic N) is 2. The zero-order valence-electron chi connectivity index (χ0n) is 10.3. The second-order valence-electron chi connectivity index (χ2n) is 4.64. The van der Waals surface area contributed by atoms with E-state index in [9.17, 15) is 9.90 Å². The number of primary amides is 1. The summed E-state index contributed by atoms with van der Waals surface area (Å²) in [6.07, 6.45) is 0. The Kier molecular flexibility index (Phi) is 3.57. The summed E-state index contributed by atoms with van der Waals surface area (Å²) in [5.41, 5.74) is 10.6. The van der Waals surface area contributed by atoms with Gasteiger partial charge in [0.05, 0.1) is 11.3 Å². The number of nitrogens with two attached hydrogens (primary N) is 2. The molecule has 6 nitrogen and oxygen atoms in total. The molecule has 1 rings (SSSR count). The van der Waals surface area contributed by atoms with Crippen molar-refractivity contribution in [2.75, 3.05) is 24.2 Å². The van der Waals surface area contributed by atoms with E-state index in [1.807, 2.05) is 0 Å². The van der Waals surface area contributed by atoms with Gasteiger partial charge in [0.15, 0.2) is 5.82 Å². The molecule has 0 bridgehead atoms. The minimum absolute atomic E-state index is 0.150. The van der Waals surface area contributed by atoms with Gasteiger partial charge in [-0.3, -0.25) is 4.79 Å². The third-order valence-corrected chi connectivity index (χ3v) is 2.14. The number of carbonyl (C=O) groups is 1. The third-order valence-electron chi connectivity index (χ3n) is 2.14. The van der Waals surface area contributed by atoms with Crippen molar-refractivity contribution < 1.29 is 9.90 Å². The van der Waals surface area contributed by atoms with E-state index in [2.05, 4.69) is 4.98 Å². The lowest BCUT2D eigenvalue weighted by atomic mass is 10.1. The van der Waals surface area contributed by atoms with Crippen molar-refractivity contribution in [3.8, 4) is 0 Å². The largest absolute Gasteiger partial charge is 0.396 e. The van der Waals surface area contributed by atoms with Crippen molar-refractivity contribution >= 4 is 17.4 Å². The number of carbonyl (C=O) groups excluding carboxylic acids is 1. The monoisotopic (exact) mass is 238 g/mol. The number of hydrogen-bond acceptors (Lipinski definition) is 5. The van der Waals surface area contributed by atoms with Gasteiger partial charge < -0.3 is 21.5 Å². The molecule has 0 fully saturated rings. The maximum Gasteiger partial charge on any atom is 0.267 e. The van der Waals surface area contributed by atoms with Gasteiger partial charge in [0.2, 0.25) is 0 Å². The highest BCUT2D eigenvalue weighted by Gasteiger charge is 2.19. The number of likely N-dealkylation sites (N-methyl/N-ethyl adjacent to an activating group) is 1. The average Bonchev–Trinajstić information content (AvgIpc) is 2.14. The van der Waals surface area contributed by atoms with Crippen LogP contribution in [0.4, 0.5) is 11.5 Å². The van der Waals surface area contributed by atoms with E-state index < -0.39 is 11.5 Å². The normalized spacial score (nSPS) is 11.3. The van der Waals surface area contributed by atoms with E-state index in [1.165, 1.54) is 6.07 Å². The quantitative estimate of drug-likeness (QED) is 0.683. The maximum absolute atomic E-state index is 11.0. The molecule has 0 aliphatic heterocycles. The average molecular weight is 238 g/mol. The SMILES string of the molecule is CN(CC(C)(C)O)c1nc(C(N)=O)ccc1N. The standard InChI is InChI=1S/C11H18N4O2/c1-11(2,17)6-15(3)10-7(12)4-5-8(14-10)9(13)16/h4-5,17H,6,12H2,1-3H3,(H2,13,16). The van der Waals surface area contributed by atoms with Crippen LogP contribution < -0.4 is 16.4 Å². The highest BCUT2D eigenvalue weighted by molar-refractivity contribution is 5.91. The summed E-state index contributed by atoms with van der Waals surface area (Å²) in [6, 6.07) is 3.04. The van der Waals surface area contributed by atoms with E-state index in [1.54, 1.807) is 31.9 Å². The van der Waals surface area contributed by atoms with Gasteiger partial charge in [-0.25, -0.2) is 4.98 Å². The van der Waals surface area contributed by atoms with Gasteiger partial charge in [-0.05, 0) is 26.0 Å². The van der Waals surface area contributed by atoms with Gasteiger partial charge >= 0.3 is 0 Å². The van der Waals surface area contributed by atoms with Crippen molar-refractivity contribution in [3.05, 3.63) is 17.8 Å². The molecule has 1 heterocycles. The van der Waals surface area contributed by atoms with Crippen LogP contribution in [0.5, 0.6) is 0 Å². The number of pyridine rings is 1. The Morgan fingerprint density at radius 2 is 2.12 bits per heavy atom. The van der Waals surface area contributed by atoms with Crippen LogP contribution in [0, 0.1) is 0 Å². The fourth-order valence-corrected chi connectivity index (χ4v) is 1.56. The second kappa shape index (κ2) is 4.58. The molecule has 0 atom stereocenters. The zero-order valence-corrected chi connectivity index (χ0v) is 10.3. The predicted molar refractivity (Wildman–Crippen MR) is 66.7 cm³/mol. The molecule has 0 aliphatic rings. The summed E-state index contributed by atoms with van der Waals surface area (Å²) in [4.78, 5) is 16.8. The first kappa shape index (κ1) is 13.2. The van der Waals surface area contributed by atoms with E-state index in [-0.39, 0.29) is 5.69 Å². The van der Waals surface area contributed by atoms with E-state index >= 15 is 0 Å². The number of aromatic nitrogens is 1. The predicted octanol–water partition coefficient (Wildman–Crippen LogP) is -0.0302. The lowest BCUT2D eigenvalue weighted by Crippen LogP contribution is -2.37. The Morgan fingerprint density at radius 3 is 2.59 bits per heavy atom. The first-order chi connectivity index (χ1) is 7.70. The molecule has 0 radical (unpaired) electrons. The number of amides is 1. The summed E-state index contributed by atoms with van der Waals surface area (Å²) in [7, 11) is 1.74. The molecular formula is C11H18N4O2. The Labute approximate surface area is 100 Å². The molecule has 17 heavy (non-hydrogen) atoms. The third kappa shape index (κ3) is 3.60. The molecule has 1 amide bonds. The molecule has 1 aromatic heterocycles. The van der Waals surface area contributed by atoms with Gasteiger partial charge in [-0.2, -0.15) is 0 Å². The summed E-state index contributed by atoms with van der Waals surface area (Å²) in [5.74, 6) is -0.175. The zero-order chi connectivity index (χ0) is 13.2. The smallest absolute Gasteiger partial charge is 0.267 e. The first-order valence-corrected chi connectivity index (χ1v) is 5.20. The molecular weight excluding hydrogens is 220 g/mol. The fraction of sp³-hybridized carbons (Fsp3) is 0.455. The highest BCUT2D eigenvalue weighted by atomic mass is 16.3. The van der Waals surface area contributed by atoms with Crippen molar-refractivity contribution in [2.24, 2.45) is 5.73 Å². The van der Waals surface area contributed by atoms with Crippen molar-refractivity contribution in [2.45, 2.75) is 19.4 Å². The van der Waals surface area contributed by atoms with Crippen LogP contribution in [0.25, 0.3) is 0 Å². The molecule has 1 aromatic rings. The van der Waals surface area contributed by atoms with Crippen LogP contribution in [0.3, 0.4) is 0 Å². The summed E-state index contributed by atoms with van der Waals surface area (Å²) < 4.78 is 0. The Balaban J connectivity index is 3.04. The van der Waals surface area contributed by atoms with Gasteiger partial charge in [-0.1, -0.05) is 0 Å². The maximum atomic E-state index is 11.0. The van der Waals surface area contributed by atoms with Crippen LogP contribution in [-0.2, 0) is 0 Å². The van der Waals surface area contributed by atoms with Crippen molar-refractivity contribution in [1.29, 1.82) is 0 Å². The lowest BCUT2D eigenvalue weighted by Gasteiger charge is -2.27. The van der Waals surface area contributed by atoms with E-state index in [0.29, 0.717) is 18.1 Å². The number of rotatable bonds is 4. The summed E-state index contributed by atoms with van der Waals surface area (Å²) in [6.45, 7) is 3.70. The Morgan fingerprint density at radius 1 is 1.53 bits per heavy atom. The molecule has 0 spiro atoms. The van der Waals surface area contributed by atoms with E-state index in [4.69, 9.17) is 11.5 Å². The topological polar surface area (TPSA) is 105 Å². The molecule has 0 aliphatic carbocycles. The first-order valence-electron chi connectivity index (χ1n) is 5.20. The fourth-order valence-electron chi connectivity index (χ4n) is 1.56. The molecule has 0 aromatic carbocycles. The second-order valence-corrected chi connectivity index (χ2v) is 4.64. The van der Waals surface area contributed by atoms with Gasteiger partial charge in [0, 0.05) is 13.6 Å². The summed E-state index contributed by atoms with van der Waals surface area (Å²) >= 11 is 0. The number of hydrogen-bond donors (Lipinski definition) is 3. The van der Waals surface area contributed by atoms with Crippen molar-refractivity contribution in [3.63, 3.8) is 0 Å². The minimum Gasteiger partial charge on any atom is -0.396 e. The van der Waals surface area contributed by atoms with Crippen molar-refractivity contribution in [1.82, 2.24) is 4.98 Å². The highest BCUT2D eigenvalue weighted by Crippen LogP contribution is 2.21. The molecule has 0 saturated carbocycles. The summed E-state index contributed by atoms with van der Waals surface area (Å²) in [5, 5.41) is 9.72. The molecule has 0 unspecified atom stereocenters. The number of anilines is 2. The van der Waals surface area contributed by atoms with Crippen LogP contribution >= 0.6 is 0 Å². The molecule has 6 heteroatoms. The molecule has 0 saturated heterocycles. The van der Waals surface area contributed by atoms with Crippen LogP contribution in [0.1, 0.15) is 24.3 Å². The Hall–Kier alpha value is -1.82. The van der Waals surface area contributed by atoms with Gasteiger partial charge in [-0.15, -0.1) is 0 Å². The van der Waals surface area contributed by atoms with Gasteiger partial charge in [0.1, 0.15) is 5.69 Å². The van der Waals surface area contributed by atoms with Crippen LogP contribution in [0.15, 0.2) is 12.1 Å². The van der Waals surface area contributed by atoms with Crippen LogP contribution in [0.2, 0.25) is 0 Å². The number of aliphatic hydroxyl groups is 1.